The highest BCUT2D eigenvalue weighted by Crippen LogP contribution is 2.43. The van der Waals surface area contributed by atoms with Gasteiger partial charge in [-0.25, -0.2) is 9.80 Å². The van der Waals surface area contributed by atoms with Gasteiger partial charge in [0, 0.05) is 24.3 Å². The van der Waals surface area contributed by atoms with Crippen molar-refractivity contribution in [3.05, 3.63) is 95.6 Å². The summed E-state index contributed by atoms with van der Waals surface area (Å²) < 4.78 is 94.1. The zero-order chi connectivity index (χ0) is 31.3. The highest BCUT2D eigenvalue weighted by atomic mass is 19.4. The van der Waals surface area contributed by atoms with Crippen molar-refractivity contribution >= 4 is 35.0 Å². The highest BCUT2D eigenvalue weighted by Gasteiger charge is 2.38. The summed E-state index contributed by atoms with van der Waals surface area (Å²) in [7, 11) is 0. The maximum absolute atomic E-state index is 13.9. The van der Waals surface area contributed by atoms with Crippen LogP contribution in [-0.2, 0) is 31.5 Å². The Morgan fingerprint density at radius 1 is 0.535 bits per heavy atom. The number of halogens is 6. The second-order valence-electron chi connectivity index (χ2n) is 9.18. The van der Waals surface area contributed by atoms with Gasteiger partial charge in [0.1, 0.15) is 34.1 Å². The summed E-state index contributed by atoms with van der Waals surface area (Å²) in [4.78, 5) is 48.7. The molecule has 2 aliphatic heterocycles. The second-order valence-corrected chi connectivity index (χ2v) is 9.18. The van der Waals surface area contributed by atoms with Crippen LogP contribution in [0.1, 0.15) is 16.7 Å². The Morgan fingerprint density at radius 2 is 0.930 bits per heavy atom. The minimum Gasteiger partial charge on any atom is -0.457 e. The number of aryl methyl sites for hydroxylation is 1. The van der Waals surface area contributed by atoms with Gasteiger partial charge in [0.05, 0.1) is 11.4 Å². The van der Waals surface area contributed by atoms with Crippen LogP contribution in [0, 0.1) is 6.92 Å². The van der Waals surface area contributed by atoms with Crippen molar-refractivity contribution in [3.8, 4) is 23.0 Å². The van der Waals surface area contributed by atoms with E-state index >= 15 is 0 Å². The van der Waals surface area contributed by atoms with Crippen LogP contribution in [0.15, 0.2) is 78.9 Å². The maximum atomic E-state index is 13.9. The molecule has 8 nitrogen and oxygen atoms in total. The van der Waals surface area contributed by atoms with E-state index in [-0.39, 0.29) is 28.4 Å². The number of hydrogen-bond acceptors (Lipinski definition) is 6. The molecular formula is C29H16F6N2O6. The molecule has 0 saturated heterocycles. The molecule has 0 aliphatic carbocycles. The van der Waals surface area contributed by atoms with Crippen molar-refractivity contribution < 1.29 is 55.0 Å². The quantitative estimate of drug-likeness (QED) is 0.237. The average Bonchev–Trinajstić information content (AvgIpc) is 3.44. The van der Waals surface area contributed by atoms with Crippen LogP contribution < -0.4 is 19.3 Å². The molecule has 0 radical (unpaired) electrons. The molecular weight excluding hydrogens is 586 g/mol. The fourth-order valence-corrected chi connectivity index (χ4v) is 4.29. The molecule has 0 saturated carbocycles. The number of alkyl halides is 6. The first-order valence-corrected chi connectivity index (χ1v) is 12.1. The number of benzene rings is 3. The monoisotopic (exact) mass is 602 g/mol. The highest BCUT2D eigenvalue weighted by molar-refractivity contribution is 6.28. The van der Waals surface area contributed by atoms with Crippen LogP contribution >= 0.6 is 0 Å². The predicted octanol–water partition coefficient (Wildman–Crippen LogP) is 6.48. The van der Waals surface area contributed by atoms with Crippen LogP contribution in [0.2, 0.25) is 0 Å². The van der Waals surface area contributed by atoms with Crippen LogP contribution in [0.25, 0.3) is 0 Å². The molecule has 0 bridgehead atoms. The molecule has 3 aromatic carbocycles. The van der Waals surface area contributed by atoms with Crippen molar-refractivity contribution in [1.82, 2.24) is 0 Å². The largest absolute Gasteiger partial charge is 0.457 e. The normalized spacial score (nSPS) is 15.2. The summed E-state index contributed by atoms with van der Waals surface area (Å²) in [5.41, 5.74) is -3.01. The molecule has 2 aliphatic rings. The van der Waals surface area contributed by atoms with Crippen molar-refractivity contribution in [1.29, 1.82) is 0 Å². The molecule has 14 heteroatoms. The Balaban J connectivity index is 1.41. The first-order valence-electron chi connectivity index (χ1n) is 12.1. The Bertz CT molecular complexity index is 1720. The molecule has 4 amide bonds. The van der Waals surface area contributed by atoms with Crippen LogP contribution in [0.4, 0.5) is 37.7 Å². The molecule has 2 heterocycles. The number of hydrogen-bond donors (Lipinski definition) is 0. The maximum Gasteiger partial charge on any atom is 0.420 e. The molecule has 43 heavy (non-hydrogen) atoms. The van der Waals surface area contributed by atoms with Crippen LogP contribution in [-0.4, -0.2) is 23.6 Å². The van der Waals surface area contributed by atoms with Crippen molar-refractivity contribution in [2.75, 3.05) is 9.80 Å². The number of amides is 4. The van der Waals surface area contributed by atoms with Gasteiger partial charge in [-0.15, -0.1) is 0 Å². The fraction of sp³-hybridized carbons (Fsp3) is 0.103. The molecule has 5 rings (SSSR count). The van der Waals surface area contributed by atoms with Crippen LogP contribution in [0.3, 0.4) is 0 Å². The molecule has 0 unspecified atom stereocenters. The lowest BCUT2D eigenvalue weighted by Gasteiger charge is -2.20. The Morgan fingerprint density at radius 3 is 1.33 bits per heavy atom. The zero-order valence-electron chi connectivity index (χ0n) is 21.6. The Hall–Kier alpha value is -5.40. The van der Waals surface area contributed by atoms with E-state index in [1.54, 1.807) is 0 Å². The molecule has 0 N–H and O–H groups in total. The number of imide groups is 2. The van der Waals surface area contributed by atoms with Gasteiger partial charge in [-0.1, -0.05) is 0 Å². The van der Waals surface area contributed by atoms with Gasteiger partial charge in [-0.05, 0) is 67.1 Å². The minimum absolute atomic E-state index is 0.0921. The summed E-state index contributed by atoms with van der Waals surface area (Å²) in [6, 6.07) is 8.82. The fourth-order valence-electron chi connectivity index (χ4n) is 4.29. The lowest BCUT2D eigenvalue weighted by molar-refractivity contribution is -0.139. The number of ether oxygens (including phenoxy) is 2. The van der Waals surface area contributed by atoms with E-state index in [1.165, 1.54) is 25.1 Å². The van der Waals surface area contributed by atoms with E-state index in [0.717, 1.165) is 48.6 Å². The standard InChI is InChI=1S/C29H16F6N2O6/c1-15-12-18(42-22-5-2-16(13-19(22)28(30,31)32)36-24(38)8-9-25(36)39)4-7-21(15)43-23-6-3-17(14-20(23)29(33,34)35)37-26(40)10-11-27(37)41/h2-14H,1H3. The third-order valence-electron chi connectivity index (χ3n) is 6.27. The predicted molar refractivity (Wildman–Crippen MR) is 137 cm³/mol. The van der Waals surface area contributed by atoms with Crippen molar-refractivity contribution in [2.24, 2.45) is 0 Å². The second kappa shape index (κ2) is 10.5. The van der Waals surface area contributed by atoms with E-state index in [1.807, 2.05) is 0 Å². The lowest BCUT2D eigenvalue weighted by atomic mass is 10.1. The summed E-state index contributed by atoms with van der Waals surface area (Å²) >= 11 is 0. The smallest absolute Gasteiger partial charge is 0.420 e. The van der Waals surface area contributed by atoms with Gasteiger partial charge in [0.2, 0.25) is 0 Å². The first kappa shape index (κ1) is 29.1. The number of carbonyl (C=O) groups excluding carboxylic acids is 4. The summed E-state index contributed by atoms with van der Waals surface area (Å²) in [5.74, 6) is -4.77. The number of carbonyl (C=O) groups is 4. The third-order valence-corrected chi connectivity index (χ3v) is 6.27. The van der Waals surface area contributed by atoms with E-state index < -0.39 is 58.6 Å². The zero-order valence-corrected chi connectivity index (χ0v) is 21.6. The summed E-state index contributed by atoms with van der Waals surface area (Å²) in [6.45, 7) is 1.42. The Labute approximate surface area is 238 Å². The lowest BCUT2D eigenvalue weighted by Crippen LogP contribution is -2.29. The third kappa shape index (κ3) is 5.71. The molecule has 0 aromatic heterocycles. The van der Waals surface area contributed by atoms with E-state index in [0.29, 0.717) is 21.9 Å². The van der Waals surface area contributed by atoms with E-state index in [2.05, 4.69) is 0 Å². The minimum atomic E-state index is -4.94. The number of nitrogens with zero attached hydrogens (tertiary/aromatic N) is 2. The van der Waals surface area contributed by atoms with Gasteiger partial charge in [0.15, 0.2) is 0 Å². The van der Waals surface area contributed by atoms with Gasteiger partial charge >= 0.3 is 12.4 Å². The van der Waals surface area contributed by atoms with E-state index in [4.69, 9.17) is 9.47 Å². The van der Waals surface area contributed by atoms with Crippen molar-refractivity contribution in [2.45, 2.75) is 19.3 Å². The number of rotatable bonds is 6. The summed E-state index contributed by atoms with van der Waals surface area (Å²) in [5, 5.41) is 0. The van der Waals surface area contributed by atoms with E-state index in [9.17, 15) is 45.5 Å². The van der Waals surface area contributed by atoms with Gasteiger partial charge in [0.25, 0.3) is 23.6 Å². The van der Waals surface area contributed by atoms with Crippen LogP contribution in [0.5, 0.6) is 23.0 Å². The van der Waals surface area contributed by atoms with Gasteiger partial charge < -0.3 is 9.47 Å². The molecule has 0 spiro atoms. The number of anilines is 2. The topological polar surface area (TPSA) is 93.2 Å². The molecule has 0 atom stereocenters. The molecule has 3 aromatic rings. The first-order chi connectivity index (χ1) is 20.1. The molecule has 0 fully saturated rings. The molecule has 220 valence electrons. The Kier molecular flexibility index (Phi) is 7.08. The van der Waals surface area contributed by atoms with Gasteiger partial charge in [-0.3, -0.25) is 19.2 Å². The SMILES string of the molecule is Cc1cc(Oc2ccc(N3C(=O)C=CC3=O)cc2C(F)(F)F)ccc1Oc1ccc(N2C(=O)C=CC2=O)cc1C(F)(F)F. The van der Waals surface area contributed by atoms with Gasteiger partial charge in [-0.2, -0.15) is 26.3 Å². The average molecular weight is 602 g/mol. The van der Waals surface area contributed by atoms with Crippen molar-refractivity contribution in [3.63, 3.8) is 0 Å². The summed E-state index contributed by atoms with van der Waals surface area (Å²) in [6.07, 6.45) is -6.19.